The summed E-state index contributed by atoms with van der Waals surface area (Å²) in [6.45, 7) is 3.69. The largest absolute Gasteiger partial charge is 0.481 e. The zero-order valence-electron chi connectivity index (χ0n) is 13.0. The third-order valence-corrected chi connectivity index (χ3v) is 3.67. The molecule has 0 radical (unpaired) electrons. The predicted molar refractivity (Wildman–Crippen MR) is 90.9 cm³/mol. The van der Waals surface area contributed by atoms with Crippen LogP contribution in [-0.4, -0.2) is 25.0 Å². The molecule has 23 heavy (non-hydrogen) atoms. The van der Waals surface area contributed by atoms with Crippen molar-refractivity contribution in [3.8, 4) is 5.75 Å². The van der Waals surface area contributed by atoms with Gasteiger partial charge in [-0.2, -0.15) is 0 Å². The van der Waals surface area contributed by atoms with E-state index in [2.05, 4.69) is 15.9 Å². The summed E-state index contributed by atoms with van der Waals surface area (Å²) in [5.74, 6) is -0.244. The Morgan fingerprint density at radius 2 is 1.78 bits per heavy atom. The topological polar surface area (TPSA) is 52.6 Å². The van der Waals surface area contributed by atoms with Crippen LogP contribution in [0.25, 0.3) is 0 Å². The molecule has 0 aliphatic rings. The van der Waals surface area contributed by atoms with Crippen molar-refractivity contribution in [2.75, 3.05) is 13.2 Å². The molecule has 0 atom stereocenters. The Morgan fingerprint density at radius 3 is 2.43 bits per heavy atom. The second-order valence-electron chi connectivity index (χ2n) is 4.93. The number of ketones is 1. The molecule has 0 amide bonds. The lowest BCUT2D eigenvalue weighted by molar-refractivity contribution is -0.145. The van der Waals surface area contributed by atoms with E-state index in [1.54, 1.807) is 31.2 Å². The van der Waals surface area contributed by atoms with Crippen molar-refractivity contribution in [1.82, 2.24) is 0 Å². The molecule has 0 spiro atoms. The number of aryl methyl sites for hydroxylation is 1. The van der Waals surface area contributed by atoms with Crippen LogP contribution in [0.5, 0.6) is 5.75 Å². The Labute approximate surface area is 143 Å². The molecular formula is C18H17BrO4. The number of rotatable bonds is 6. The van der Waals surface area contributed by atoms with Gasteiger partial charge in [0.25, 0.3) is 0 Å². The summed E-state index contributed by atoms with van der Waals surface area (Å²) in [5.41, 5.74) is 1.92. The van der Waals surface area contributed by atoms with Crippen LogP contribution in [0.1, 0.15) is 28.4 Å². The third-order valence-electron chi connectivity index (χ3n) is 3.14. The first-order valence-electron chi connectivity index (χ1n) is 7.20. The van der Waals surface area contributed by atoms with Crippen molar-refractivity contribution in [2.45, 2.75) is 13.8 Å². The summed E-state index contributed by atoms with van der Waals surface area (Å²) in [5, 5.41) is 0. The maximum atomic E-state index is 12.7. The molecule has 0 aliphatic heterocycles. The van der Waals surface area contributed by atoms with Crippen LogP contribution in [0.4, 0.5) is 0 Å². The smallest absolute Gasteiger partial charge is 0.344 e. The summed E-state index contributed by atoms with van der Waals surface area (Å²) in [6.07, 6.45) is 0. The van der Waals surface area contributed by atoms with Crippen molar-refractivity contribution < 1.29 is 19.1 Å². The average Bonchev–Trinajstić information content (AvgIpc) is 2.54. The van der Waals surface area contributed by atoms with E-state index in [0.29, 0.717) is 23.5 Å². The first-order valence-corrected chi connectivity index (χ1v) is 8.00. The Kier molecular flexibility index (Phi) is 5.93. The van der Waals surface area contributed by atoms with Crippen LogP contribution in [0.15, 0.2) is 46.9 Å². The summed E-state index contributed by atoms with van der Waals surface area (Å²) in [7, 11) is 0. The first kappa shape index (κ1) is 17.2. The van der Waals surface area contributed by atoms with Crippen LogP contribution in [0, 0.1) is 6.92 Å². The zero-order valence-corrected chi connectivity index (χ0v) is 14.6. The van der Waals surface area contributed by atoms with E-state index in [-0.39, 0.29) is 12.4 Å². The van der Waals surface area contributed by atoms with Crippen LogP contribution in [-0.2, 0) is 9.53 Å². The van der Waals surface area contributed by atoms with Crippen molar-refractivity contribution >= 4 is 27.7 Å². The van der Waals surface area contributed by atoms with Gasteiger partial charge in [0.1, 0.15) is 5.75 Å². The van der Waals surface area contributed by atoms with E-state index < -0.39 is 5.97 Å². The second kappa shape index (κ2) is 7.92. The molecule has 2 rings (SSSR count). The van der Waals surface area contributed by atoms with E-state index in [9.17, 15) is 9.59 Å². The molecule has 4 nitrogen and oxygen atoms in total. The highest BCUT2D eigenvalue weighted by Gasteiger charge is 2.16. The number of carbonyl (C=O) groups is 2. The Hall–Kier alpha value is -2.14. The number of hydrogen-bond acceptors (Lipinski definition) is 4. The maximum absolute atomic E-state index is 12.7. The van der Waals surface area contributed by atoms with Gasteiger partial charge in [-0.3, -0.25) is 4.79 Å². The molecule has 0 aliphatic carbocycles. The number of carbonyl (C=O) groups excluding carboxylic acids is 2. The quantitative estimate of drug-likeness (QED) is 0.566. The predicted octanol–water partition coefficient (Wildman–Crippen LogP) is 3.93. The molecule has 0 bridgehead atoms. The van der Waals surface area contributed by atoms with E-state index in [0.717, 1.165) is 10.0 Å². The maximum Gasteiger partial charge on any atom is 0.344 e. The molecule has 0 saturated heterocycles. The monoisotopic (exact) mass is 376 g/mol. The lowest BCUT2D eigenvalue weighted by Gasteiger charge is -2.11. The number of ether oxygens (including phenoxy) is 2. The Bertz CT molecular complexity index is 707. The Morgan fingerprint density at radius 1 is 1.09 bits per heavy atom. The van der Waals surface area contributed by atoms with Crippen LogP contribution >= 0.6 is 15.9 Å². The van der Waals surface area contributed by atoms with Gasteiger partial charge in [-0.05, 0) is 50.2 Å². The summed E-state index contributed by atoms with van der Waals surface area (Å²) in [4.78, 5) is 24.1. The standard InChI is InChI=1S/C18H17BrO4/c1-3-22-17(20)11-23-16-9-4-12(2)10-15(16)18(21)13-5-7-14(19)8-6-13/h4-10H,3,11H2,1-2H3. The van der Waals surface area contributed by atoms with Crippen LogP contribution in [0.3, 0.4) is 0 Å². The van der Waals surface area contributed by atoms with Crippen LogP contribution in [0.2, 0.25) is 0 Å². The summed E-state index contributed by atoms with van der Waals surface area (Å²) < 4.78 is 11.2. The van der Waals surface area contributed by atoms with E-state index >= 15 is 0 Å². The van der Waals surface area contributed by atoms with Gasteiger partial charge in [-0.15, -0.1) is 0 Å². The van der Waals surface area contributed by atoms with E-state index in [4.69, 9.17) is 9.47 Å². The average molecular weight is 377 g/mol. The Balaban J connectivity index is 2.26. The van der Waals surface area contributed by atoms with Crippen molar-refractivity contribution in [1.29, 1.82) is 0 Å². The number of halogens is 1. The minimum absolute atomic E-state index is 0.153. The van der Waals surface area contributed by atoms with Gasteiger partial charge in [0, 0.05) is 10.0 Å². The minimum atomic E-state index is -0.463. The first-order chi connectivity index (χ1) is 11.0. The lowest BCUT2D eigenvalue weighted by Crippen LogP contribution is -2.16. The molecule has 0 N–H and O–H groups in total. The molecular weight excluding hydrogens is 360 g/mol. The van der Waals surface area contributed by atoms with E-state index in [1.165, 1.54) is 0 Å². The second-order valence-corrected chi connectivity index (χ2v) is 5.85. The fourth-order valence-electron chi connectivity index (χ4n) is 2.04. The highest BCUT2D eigenvalue weighted by Crippen LogP contribution is 2.24. The summed E-state index contributed by atoms with van der Waals surface area (Å²) in [6, 6.07) is 12.4. The zero-order chi connectivity index (χ0) is 16.8. The fraction of sp³-hybridized carbons (Fsp3) is 0.222. The van der Waals surface area contributed by atoms with Gasteiger partial charge < -0.3 is 9.47 Å². The van der Waals surface area contributed by atoms with Gasteiger partial charge in [0.15, 0.2) is 12.4 Å². The molecule has 0 heterocycles. The molecule has 0 aromatic heterocycles. The molecule has 0 fully saturated rings. The molecule has 120 valence electrons. The van der Waals surface area contributed by atoms with E-state index in [1.807, 2.05) is 25.1 Å². The van der Waals surface area contributed by atoms with Crippen molar-refractivity contribution in [2.24, 2.45) is 0 Å². The molecule has 5 heteroatoms. The van der Waals surface area contributed by atoms with Gasteiger partial charge in [0.2, 0.25) is 0 Å². The van der Waals surface area contributed by atoms with Crippen molar-refractivity contribution in [3.05, 3.63) is 63.6 Å². The highest BCUT2D eigenvalue weighted by atomic mass is 79.9. The fourth-order valence-corrected chi connectivity index (χ4v) is 2.31. The van der Waals surface area contributed by atoms with Gasteiger partial charge in [0.05, 0.1) is 12.2 Å². The van der Waals surface area contributed by atoms with Crippen molar-refractivity contribution in [3.63, 3.8) is 0 Å². The minimum Gasteiger partial charge on any atom is -0.481 e. The molecule has 2 aromatic carbocycles. The highest BCUT2D eigenvalue weighted by molar-refractivity contribution is 9.10. The molecule has 0 unspecified atom stereocenters. The number of benzene rings is 2. The summed E-state index contributed by atoms with van der Waals surface area (Å²) >= 11 is 3.35. The molecule has 2 aromatic rings. The normalized spacial score (nSPS) is 10.2. The van der Waals surface area contributed by atoms with Gasteiger partial charge >= 0.3 is 5.97 Å². The van der Waals surface area contributed by atoms with Crippen LogP contribution < -0.4 is 4.74 Å². The number of esters is 1. The molecule has 0 saturated carbocycles. The van der Waals surface area contributed by atoms with Gasteiger partial charge in [-0.1, -0.05) is 27.6 Å². The SMILES string of the molecule is CCOC(=O)COc1ccc(C)cc1C(=O)c1ccc(Br)cc1. The van der Waals surface area contributed by atoms with Gasteiger partial charge in [-0.25, -0.2) is 4.79 Å². The number of hydrogen-bond donors (Lipinski definition) is 0. The lowest BCUT2D eigenvalue weighted by atomic mass is 10.0. The third kappa shape index (κ3) is 4.66.